The van der Waals surface area contributed by atoms with Crippen LogP contribution in [0.4, 0.5) is 0 Å². The summed E-state index contributed by atoms with van der Waals surface area (Å²) in [5, 5.41) is 4.86. The molecule has 5 aliphatic carbocycles. The minimum Gasteiger partial charge on any atom is -0.350 e. The number of thiophene rings is 1. The second-order valence-corrected chi connectivity index (χ2v) is 13.0. The Hall–Kier alpha value is -2.12. The molecule has 4 saturated carbocycles. The first-order valence-electron chi connectivity index (χ1n) is 12.6. The van der Waals surface area contributed by atoms with Gasteiger partial charge in [0.15, 0.2) is 5.16 Å². The number of hydrogen-bond donors (Lipinski definition) is 1. The molecule has 5 nitrogen and oxygen atoms in total. The Balaban J connectivity index is 1.19. The molecule has 2 heterocycles. The fourth-order valence-corrected chi connectivity index (χ4v) is 9.77. The number of carbonyl (C=O) groups is 1. The zero-order chi connectivity index (χ0) is 22.9. The summed E-state index contributed by atoms with van der Waals surface area (Å²) in [6, 6.07) is 9.73. The van der Waals surface area contributed by atoms with Crippen LogP contribution in [0.25, 0.3) is 15.9 Å². The Morgan fingerprint density at radius 3 is 2.50 bits per heavy atom. The van der Waals surface area contributed by atoms with E-state index in [4.69, 9.17) is 4.98 Å². The summed E-state index contributed by atoms with van der Waals surface area (Å²) in [6.45, 7) is 0. The van der Waals surface area contributed by atoms with Crippen molar-refractivity contribution in [2.45, 2.75) is 68.5 Å². The van der Waals surface area contributed by atoms with E-state index in [1.165, 1.54) is 41.5 Å². The number of thioether (sulfide) groups is 1. The molecule has 0 radical (unpaired) electrons. The smallest absolute Gasteiger partial charge is 0.267 e. The fourth-order valence-electron chi connectivity index (χ4n) is 7.65. The van der Waals surface area contributed by atoms with Crippen molar-refractivity contribution < 1.29 is 4.79 Å². The topological polar surface area (TPSA) is 64.0 Å². The lowest BCUT2D eigenvalue weighted by Crippen LogP contribution is -2.60. The van der Waals surface area contributed by atoms with E-state index in [9.17, 15) is 9.59 Å². The average molecular weight is 492 g/mol. The molecule has 0 spiro atoms. The third-order valence-corrected chi connectivity index (χ3v) is 10.6. The number of carbonyl (C=O) groups excluding carboxylic acids is 1. The van der Waals surface area contributed by atoms with Gasteiger partial charge in [-0.05, 0) is 93.2 Å². The van der Waals surface area contributed by atoms with Crippen LogP contribution in [0.5, 0.6) is 0 Å². The van der Waals surface area contributed by atoms with Gasteiger partial charge >= 0.3 is 0 Å². The zero-order valence-corrected chi connectivity index (χ0v) is 20.9. The van der Waals surface area contributed by atoms with E-state index >= 15 is 0 Å². The van der Waals surface area contributed by atoms with E-state index in [0.29, 0.717) is 5.16 Å². The van der Waals surface area contributed by atoms with Crippen molar-refractivity contribution in [2.24, 2.45) is 17.8 Å². The highest BCUT2D eigenvalue weighted by Gasteiger charge is 2.51. The van der Waals surface area contributed by atoms with Crippen LogP contribution in [0.3, 0.4) is 0 Å². The average Bonchev–Trinajstić information content (AvgIpc) is 3.38. The van der Waals surface area contributed by atoms with E-state index in [0.717, 1.165) is 72.2 Å². The maximum atomic E-state index is 13.7. The SMILES string of the molecule is O=C(CSc1nc2sc3c(c2c(=O)n1-c1ccccc1)CCC3)NC12CC3CC(CC(C3)C1)C2. The number of amides is 1. The molecular formula is C27H29N3O2S2. The highest BCUT2D eigenvalue weighted by molar-refractivity contribution is 7.99. The summed E-state index contributed by atoms with van der Waals surface area (Å²) >= 11 is 3.05. The molecule has 0 atom stereocenters. The van der Waals surface area contributed by atoms with Crippen LogP contribution in [0, 0.1) is 17.8 Å². The molecule has 0 aliphatic heterocycles. The predicted molar refractivity (Wildman–Crippen MR) is 137 cm³/mol. The molecule has 7 heteroatoms. The molecule has 8 rings (SSSR count). The van der Waals surface area contributed by atoms with Gasteiger partial charge < -0.3 is 5.32 Å². The minimum atomic E-state index is -0.000377. The second-order valence-electron chi connectivity index (χ2n) is 10.9. The standard InChI is InChI=1S/C27H29N3O2S2/c31-22(29-27-12-16-9-17(13-27)11-18(10-16)14-27)15-33-26-28-24-23(20-7-4-8-21(20)34-24)25(32)30(26)19-5-2-1-3-6-19/h1-3,5-6,16-18H,4,7-15H2,(H,29,31). The molecule has 2 aromatic heterocycles. The Morgan fingerprint density at radius 1 is 1.09 bits per heavy atom. The number of fused-ring (bicyclic) bond motifs is 3. The van der Waals surface area contributed by atoms with E-state index < -0.39 is 0 Å². The Labute approximate surface area is 207 Å². The molecule has 5 aliphatic rings. The van der Waals surface area contributed by atoms with Crippen LogP contribution in [-0.2, 0) is 17.6 Å². The van der Waals surface area contributed by atoms with Crippen molar-refractivity contribution in [3.63, 3.8) is 0 Å². The van der Waals surface area contributed by atoms with Crippen molar-refractivity contribution >= 4 is 39.2 Å². The van der Waals surface area contributed by atoms with Gasteiger partial charge in [-0.2, -0.15) is 0 Å². The number of aryl methyl sites for hydroxylation is 2. The van der Waals surface area contributed by atoms with Gasteiger partial charge in [-0.3, -0.25) is 14.2 Å². The molecule has 176 valence electrons. The molecule has 34 heavy (non-hydrogen) atoms. The molecular weight excluding hydrogens is 462 g/mol. The zero-order valence-electron chi connectivity index (χ0n) is 19.2. The predicted octanol–water partition coefficient (Wildman–Crippen LogP) is 5.11. The Bertz CT molecular complexity index is 1310. The van der Waals surface area contributed by atoms with Gasteiger partial charge in [0.2, 0.25) is 5.91 Å². The summed E-state index contributed by atoms with van der Waals surface area (Å²) in [4.78, 5) is 34.0. The molecule has 1 amide bonds. The summed E-state index contributed by atoms with van der Waals surface area (Å²) in [6.07, 6.45) is 10.6. The maximum absolute atomic E-state index is 13.7. The van der Waals surface area contributed by atoms with E-state index in [1.807, 2.05) is 30.3 Å². The monoisotopic (exact) mass is 491 g/mol. The van der Waals surface area contributed by atoms with E-state index in [1.54, 1.807) is 15.9 Å². The maximum Gasteiger partial charge on any atom is 0.267 e. The van der Waals surface area contributed by atoms with Crippen LogP contribution in [0.15, 0.2) is 40.3 Å². The first kappa shape index (κ1) is 21.2. The van der Waals surface area contributed by atoms with Gasteiger partial charge in [0, 0.05) is 10.4 Å². The highest BCUT2D eigenvalue weighted by Crippen LogP contribution is 2.55. The molecule has 3 aromatic rings. The molecule has 0 unspecified atom stereocenters. The molecule has 1 aromatic carbocycles. The van der Waals surface area contributed by atoms with Gasteiger partial charge in [0.25, 0.3) is 5.56 Å². The molecule has 0 saturated heterocycles. The number of nitrogens with one attached hydrogen (secondary N) is 1. The second kappa shape index (κ2) is 7.95. The van der Waals surface area contributed by atoms with Crippen molar-refractivity contribution in [3.05, 3.63) is 51.1 Å². The van der Waals surface area contributed by atoms with Gasteiger partial charge in [-0.1, -0.05) is 30.0 Å². The van der Waals surface area contributed by atoms with Gasteiger partial charge in [0.05, 0.1) is 16.8 Å². The van der Waals surface area contributed by atoms with Crippen LogP contribution in [0.1, 0.15) is 55.4 Å². The Morgan fingerprint density at radius 2 is 1.79 bits per heavy atom. The van der Waals surface area contributed by atoms with Crippen molar-refractivity contribution in [1.82, 2.24) is 14.9 Å². The fraction of sp³-hybridized carbons (Fsp3) is 0.519. The number of benzene rings is 1. The largest absolute Gasteiger partial charge is 0.350 e. The third kappa shape index (κ3) is 3.46. The van der Waals surface area contributed by atoms with Crippen LogP contribution in [-0.4, -0.2) is 26.8 Å². The minimum absolute atomic E-state index is 0.000377. The number of rotatable bonds is 5. The normalized spacial score (nSPS) is 29.0. The summed E-state index contributed by atoms with van der Waals surface area (Å²) in [5.74, 6) is 2.76. The number of hydrogen-bond acceptors (Lipinski definition) is 5. The van der Waals surface area contributed by atoms with E-state index in [2.05, 4.69) is 5.32 Å². The highest BCUT2D eigenvalue weighted by atomic mass is 32.2. The lowest BCUT2D eigenvalue weighted by Gasteiger charge is -2.56. The van der Waals surface area contributed by atoms with Gasteiger partial charge in [0.1, 0.15) is 4.83 Å². The molecule has 1 N–H and O–H groups in total. The molecule has 4 bridgehead atoms. The van der Waals surface area contributed by atoms with Crippen molar-refractivity contribution in [3.8, 4) is 5.69 Å². The van der Waals surface area contributed by atoms with Crippen LogP contribution < -0.4 is 10.9 Å². The number of aromatic nitrogens is 2. The van der Waals surface area contributed by atoms with Crippen molar-refractivity contribution in [1.29, 1.82) is 0 Å². The first-order chi connectivity index (χ1) is 16.6. The third-order valence-electron chi connectivity index (χ3n) is 8.50. The van der Waals surface area contributed by atoms with Crippen LogP contribution >= 0.6 is 23.1 Å². The lowest BCUT2D eigenvalue weighted by molar-refractivity contribution is -0.124. The van der Waals surface area contributed by atoms with Gasteiger partial charge in [-0.25, -0.2) is 4.98 Å². The molecule has 4 fully saturated rings. The van der Waals surface area contributed by atoms with Crippen LogP contribution in [0.2, 0.25) is 0 Å². The summed E-state index contributed by atoms with van der Waals surface area (Å²) in [7, 11) is 0. The Kier molecular flexibility index (Phi) is 4.96. The summed E-state index contributed by atoms with van der Waals surface area (Å²) in [5.41, 5.74) is 2.01. The lowest BCUT2D eigenvalue weighted by atomic mass is 9.53. The number of para-hydroxylation sites is 1. The quantitative estimate of drug-likeness (QED) is 0.398. The summed E-state index contributed by atoms with van der Waals surface area (Å²) < 4.78 is 1.72. The van der Waals surface area contributed by atoms with Gasteiger partial charge in [-0.15, -0.1) is 11.3 Å². The van der Waals surface area contributed by atoms with E-state index in [-0.39, 0.29) is 22.8 Å². The number of nitrogens with zero attached hydrogens (tertiary/aromatic N) is 2. The first-order valence-corrected chi connectivity index (χ1v) is 14.4. The van der Waals surface area contributed by atoms with Crippen molar-refractivity contribution in [2.75, 3.05) is 5.75 Å².